The van der Waals surface area contributed by atoms with Crippen LogP contribution in [0.5, 0.6) is 5.75 Å². The third kappa shape index (κ3) is 3.62. The van der Waals surface area contributed by atoms with Gasteiger partial charge in [0.2, 0.25) is 0 Å². The molecule has 0 aliphatic carbocycles. The number of alkyl halides is 1. The van der Waals surface area contributed by atoms with Crippen molar-refractivity contribution in [3.8, 4) is 5.75 Å². The summed E-state index contributed by atoms with van der Waals surface area (Å²) in [7, 11) is 0. The quantitative estimate of drug-likeness (QED) is 0.642. The molecule has 19 heavy (non-hydrogen) atoms. The van der Waals surface area contributed by atoms with Gasteiger partial charge < -0.3 is 4.74 Å². The molecular weight excluding hydrogens is 354 g/mol. The largest absolute Gasteiger partial charge is 0.485 e. The molecule has 0 fully saturated rings. The maximum atomic E-state index is 13.7. The van der Waals surface area contributed by atoms with Gasteiger partial charge in [-0.3, -0.25) is 0 Å². The van der Waals surface area contributed by atoms with Crippen LogP contribution in [0.25, 0.3) is 0 Å². The van der Waals surface area contributed by atoms with Crippen molar-refractivity contribution in [2.45, 2.75) is 11.9 Å². The Kier molecular flexibility index (Phi) is 5.08. The Hall–Kier alpha value is -0.770. The van der Waals surface area contributed by atoms with Crippen molar-refractivity contribution in [2.75, 3.05) is 0 Å². The van der Waals surface area contributed by atoms with Crippen LogP contribution in [0.2, 0.25) is 10.0 Å². The second-order valence-electron chi connectivity index (χ2n) is 3.89. The van der Waals surface area contributed by atoms with Crippen molar-refractivity contribution in [1.29, 1.82) is 0 Å². The van der Waals surface area contributed by atoms with Gasteiger partial charge in [0.25, 0.3) is 0 Å². The van der Waals surface area contributed by atoms with Crippen LogP contribution in [0.1, 0.15) is 11.1 Å². The van der Waals surface area contributed by atoms with E-state index >= 15 is 0 Å². The second-order valence-corrected chi connectivity index (χ2v) is 5.29. The molecule has 1 nitrogen and oxygen atoms in total. The van der Waals surface area contributed by atoms with E-state index in [4.69, 9.17) is 27.9 Å². The van der Waals surface area contributed by atoms with Crippen LogP contribution in [-0.4, -0.2) is 0 Å². The number of ether oxygens (including phenoxy) is 1. The van der Waals surface area contributed by atoms with Crippen molar-refractivity contribution in [3.63, 3.8) is 0 Å². The Balaban J connectivity index is 2.19. The summed E-state index contributed by atoms with van der Waals surface area (Å²) in [6, 6.07) is 9.93. The number of halogens is 4. The van der Waals surface area contributed by atoms with Crippen molar-refractivity contribution in [3.05, 3.63) is 63.4 Å². The molecule has 0 bridgehead atoms. The molecule has 2 rings (SSSR count). The van der Waals surface area contributed by atoms with Crippen LogP contribution < -0.4 is 4.74 Å². The van der Waals surface area contributed by atoms with Gasteiger partial charge in [0.05, 0.1) is 0 Å². The van der Waals surface area contributed by atoms with Gasteiger partial charge in [-0.05, 0) is 18.2 Å². The molecule has 5 heteroatoms. The molecule has 2 aromatic rings. The third-order valence-corrected chi connectivity index (χ3v) is 3.77. The molecule has 0 radical (unpaired) electrons. The molecule has 0 saturated carbocycles. The summed E-state index contributed by atoms with van der Waals surface area (Å²) in [4.78, 5) is 0. The molecule has 0 aliphatic heterocycles. The lowest BCUT2D eigenvalue weighted by Crippen LogP contribution is -2.00. The van der Waals surface area contributed by atoms with E-state index in [0.717, 1.165) is 11.1 Å². The molecule has 0 N–H and O–H groups in total. The van der Waals surface area contributed by atoms with Crippen molar-refractivity contribution in [1.82, 2.24) is 0 Å². The Labute approximate surface area is 129 Å². The van der Waals surface area contributed by atoms with Crippen LogP contribution in [0.3, 0.4) is 0 Å². The van der Waals surface area contributed by atoms with Gasteiger partial charge >= 0.3 is 0 Å². The molecule has 2 aromatic carbocycles. The lowest BCUT2D eigenvalue weighted by atomic mass is 10.2. The zero-order chi connectivity index (χ0) is 13.8. The van der Waals surface area contributed by atoms with E-state index in [2.05, 4.69) is 15.9 Å². The monoisotopic (exact) mass is 362 g/mol. The average Bonchev–Trinajstić information content (AvgIpc) is 2.39. The molecule has 0 spiro atoms. The van der Waals surface area contributed by atoms with Crippen molar-refractivity contribution < 1.29 is 9.13 Å². The second kappa shape index (κ2) is 6.60. The van der Waals surface area contributed by atoms with Crippen LogP contribution in [0, 0.1) is 5.82 Å². The molecule has 0 atom stereocenters. The lowest BCUT2D eigenvalue weighted by molar-refractivity contribution is 0.288. The third-order valence-electron chi connectivity index (χ3n) is 2.58. The Morgan fingerprint density at radius 3 is 2.58 bits per heavy atom. The van der Waals surface area contributed by atoms with Crippen LogP contribution >= 0.6 is 39.1 Å². The molecule has 0 unspecified atom stereocenters. The minimum atomic E-state index is -0.387. The SMILES string of the molecule is Fc1cccc(CBr)c1OCc1ccc(Cl)cc1Cl. The fraction of sp³-hybridized carbons (Fsp3) is 0.143. The van der Waals surface area contributed by atoms with Gasteiger partial charge in [-0.25, -0.2) is 4.39 Å². The minimum absolute atomic E-state index is 0.191. The lowest BCUT2D eigenvalue weighted by Gasteiger charge is -2.12. The molecular formula is C14H10BrCl2FO. The first-order chi connectivity index (χ1) is 9.11. The fourth-order valence-corrected chi connectivity index (χ4v) is 2.51. The number of hydrogen-bond acceptors (Lipinski definition) is 1. The Morgan fingerprint density at radius 2 is 1.89 bits per heavy atom. The maximum Gasteiger partial charge on any atom is 0.165 e. The molecule has 0 aliphatic rings. The van der Waals surface area contributed by atoms with Crippen molar-refractivity contribution >= 4 is 39.1 Å². The zero-order valence-corrected chi connectivity index (χ0v) is 12.9. The van der Waals surface area contributed by atoms with Crippen molar-refractivity contribution in [2.24, 2.45) is 0 Å². The predicted octanol–water partition coefficient (Wildman–Crippen LogP) is 5.61. The highest BCUT2D eigenvalue weighted by molar-refractivity contribution is 9.08. The van der Waals surface area contributed by atoms with E-state index < -0.39 is 0 Å². The molecule has 100 valence electrons. The van der Waals surface area contributed by atoms with Crippen LogP contribution in [0.15, 0.2) is 36.4 Å². The first-order valence-electron chi connectivity index (χ1n) is 5.52. The highest BCUT2D eigenvalue weighted by Crippen LogP contribution is 2.27. The summed E-state index contributed by atoms with van der Waals surface area (Å²) in [5.41, 5.74) is 1.51. The van der Waals surface area contributed by atoms with E-state index in [0.29, 0.717) is 15.4 Å². The van der Waals surface area contributed by atoms with Gasteiger partial charge in [-0.2, -0.15) is 0 Å². The highest BCUT2D eigenvalue weighted by atomic mass is 79.9. The maximum absolute atomic E-state index is 13.7. The highest BCUT2D eigenvalue weighted by Gasteiger charge is 2.10. The number of benzene rings is 2. The van der Waals surface area contributed by atoms with Gasteiger partial charge in [0.1, 0.15) is 6.61 Å². The predicted molar refractivity (Wildman–Crippen MR) is 79.8 cm³/mol. The summed E-state index contributed by atoms with van der Waals surface area (Å²) in [5, 5.41) is 1.58. The molecule has 0 saturated heterocycles. The van der Waals surface area contributed by atoms with Gasteiger partial charge in [-0.15, -0.1) is 0 Å². The van der Waals surface area contributed by atoms with Gasteiger partial charge in [0.15, 0.2) is 11.6 Å². The number of hydrogen-bond donors (Lipinski definition) is 0. The number of rotatable bonds is 4. The Bertz CT molecular complexity index is 590. The van der Waals surface area contributed by atoms with Crippen LogP contribution in [0.4, 0.5) is 4.39 Å². The first kappa shape index (κ1) is 14.6. The van der Waals surface area contributed by atoms with E-state index in [1.807, 2.05) is 0 Å². The fourth-order valence-electron chi connectivity index (χ4n) is 1.61. The topological polar surface area (TPSA) is 9.23 Å². The van der Waals surface area contributed by atoms with E-state index in [1.165, 1.54) is 6.07 Å². The normalized spacial score (nSPS) is 10.5. The van der Waals surface area contributed by atoms with Gasteiger partial charge in [-0.1, -0.05) is 57.3 Å². The minimum Gasteiger partial charge on any atom is -0.485 e. The molecule has 0 aromatic heterocycles. The number of para-hydroxylation sites is 1. The smallest absolute Gasteiger partial charge is 0.165 e. The standard InChI is InChI=1S/C14H10BrCl2FO/c15-7-9-2-1-3-13(18)14(9)19-8-10-4-5-11(16)6-12(10)17/h1-6H,7-8H2. The Morgan fingerprint density at radius 1 is 1.11 bits per heavy atom. The van der Waals surface area contributed by atoms with Crippen LogP contribution in [-0.2, 0) is 11.9 Å². The zero-order valence-electron chi connectivity index (χ0n) is 9.80. The molecule has 0 heterocycles. The van der Waals surface area contributed by atoms with E-state index in [1.54, 1.807) is 30.3 Å². The summed E-state index contributed by atoms with van der Waals surface area (Å²) < 4.78 is 19.2. The van der Waals surface area contributed by atoms with E-state index in [-0.39, 0.29) is 18.2 Å². The summed E-state index contributed by atoms with van der Waals surface area (Å²) in [6.07, 6.45) is 0. The average molecular weight is 364 g/mol. The molecule has 0 amide bonds. The summed E-state index contributed by atoms with van der Waals surface area (Å²) in [6.45, 7) is 0.191. The van der Waals surface area contributed by atoms with Gasteiger partial charge in [0, 0.05) is 26.5 Å². The van der Waals surface area contributed by atoms with E-state index in [9.17, 15) is 4.39 Å². The summed E-state index contributed by atoms with van der Waals surface area (Å²) >= 11 is 15.2. The first-order valence-corrected chi connectivity index (χ1v) is 7.39. The summed E-state index contributed by atoms with van der Waals surface area (Å²) in [5.74, 6) is -0.146.